The number of pyridine rings is 1. The van der Waals surface area contributed by atoms with Crippen molar-refractivity contribution in [1.82, 2.24) is 25.1 Å². The SMILES string of the molecule is Cc1nc([C@H](C)NC(=O)c2cc(OC(F)(F)F)cc(C3CC3)c2)n(-c2ccc(C#N)cn2)n1. The average Bonchev–Trinajstić information content (AvgIpc) is 3.54. The number of alkyl halides is 3. The van der Waals surface area contributed by atoms with Crippen molar-refractivity contribution >= 4 is 5.91 Å². The summed E-state index contributed by atoms with van der Waals surface area (Å²) in [6.07, 6.45) is -1.75. The molecule has 2 aromatic heterocycles. The molecule has 0 radical (unpaired) electrons. The number of hydrogen-bond acceptors (Lipinski definition) is 6. The number of amides is 1. The number of ether oxygens (including phenoxy) is 1. The predicted octanol–water partition coefficient (Wildman–Crippen LogP) is 4.11. The molecule has 0 unspecified atom stereocenters. The Kier molecular flexibility index (Phi) is 5.76. The number of rotatable bonds is 6. The minimum atomic E-state index is -4.86. The highest BCUT2D eigenvalue weighted by Gasteiger charge is 2.33. The van der Waals surface area contributed by atoms with Gasteiger partial charge in [-0.2, -0.15) is 9.94 Å². The van der Waals surface area contributed by atoms with Crippen LogP contribution in [0.3, 0.4) is 0 Å². The second-order valence-corrected chi connectivity index (χ2v) is 7.75. The molecule has 33 heavy (non-hydrogen) atoms. The van der Waals surface area contributed by atoms with Gasteiger partial charge in [-0.1, -0.05) is 0 Å². The number of aryl methyl sites for hydroxylation is 1. The van der Waals surface area contributed by atoms with Crippen LogP contribution in [0.1, 0.15) is 64.9 Å². The van der Waals surface area contributed by atoms with E-state index in [2.05, 4.69) is 25.1 Å². The van der Waals surface area contributed by atoms with E-state index in [4.69, 9.17) is 5.26 Å². The van der Waals surface area contributed by atoms with Gasteiger partial charge in [-0.25, -0.2) is 9.97 Å². The van der Waals surface area contributed by atoms with E-state index < -0.39 is 24.1 Å². The van der Waals surface area contributed by atoms with E-state index in [1.54, 1.807) is 32.0 Å². The van der Waals surface area contributed by atoms with Crippen molar-refractivity contribution in [3.05, 3.63) is 64.9 Å². The normalized spacial score (nSPS) is 14.4. The summed E-state index contributed by atoms with van der Waals surface area (Å²) in [6.45, 7) is 3.36. The molecule has 3 aromatic rings. The first-order valence-corrected chi connectivity index (χ1v) is 10.1. The van der Waals surface area contributed by atoms with Gasteiger partial charge in [-0.3, -0.25) is 4.79 Å². The molecule has 2 heterocycles. The number of carbonyl (C=O) groups is 1. The lowest BCUT2D eigenvalue weighted by Gasteiger charge is -2.16. The molecule has 1 saturated carbocycles. The molecule has 0 aliphatic heterocycles. The van der Waals surface area contributed by atoms with Crippen molar-refractivity contribution in [2.45, 2.75) is 45.0 Å². The van der Waals surface area contributed by atoms with Crippen molar-refractivity contribution < 1.29 is 22.7 Å². The fraction of sp³-hybridized carbons (Fsp3) is 0.318. The Hall–Kier alpha value is -3.94. The Bertz CT molecular complexity index is 1230. The molecule has 0 saturated heterocycles. The van der Waals surface area contributed by atoms with Gasteiger partial charge in [0, 0.05) is 11.8 Å². The summed E-state index contributed by atoms with van der Waals surface area (Å²) in [6, 6.07) is 8.49. The van der Waals surface area contributed by atoms with E-state index in [9.17, 15) is 18.0 Å². The topological polar surface area (TPSA) is 106 Å². The monoisotopic (exact) mass is 456 g/mol. The number of carbonyl (C=O) groups excluding carboxylic acids is 1. The van der Waals surface area contributed by atoms with Crippen LogP contribution < -0.4 is 10.1 Å². The van der Waals surface area contributed by atoms with Gasteiger partial charge in [0.1, 0.15) is 17.6 Å². The van der Waals surface area contributed by atoms with Crippen LogP contribution in [0.5, 0.6) is 5.75 Å². The molecule has 1 fully saturated rings. The molecule has 1 amide bonds. The Morgan fingerprint density at radius 2 is 2.06 bits per heavy atom. The first-order chi connectivity index (χ1) is 15.6. The van der Waals surface area contributed by atoms with Gasteiger partial charge in [-0.15, -0.1) is 18.3 Å². The maximum Gasteiger partial charge on any atom is 0.573 e. The molecule has 8 nitrogen and oxygen atoms in total. The first kappa shape index (κ1) is 22.3. The number of nitrogens with zero attached hydrogens (tertiary/aromatic N) is 5. The highest BCUT2D eigenvalue weighted by atomic mass is 19.4. The second kappa shape index (κ2) is 8.54. The van der Waals surface area contributed by atoms with Crippen molar-refractivity contribution in [2.24, 2.45) is 0 Å². The second-order valence-electron chi connectivity index (χ2n) is 7.75. The van der Waals surface area contributed by atoms with Crippen LogP contribution in [0.2, 0.25) is 0 Å². The fourth-order valence-electron chi connectivity index (χ4n) is 3.40. The van der Waals surface area contributed by atoms with Gasteiger partial charge in [-0.05, 0) is 68.5 Å². The zero-order chi connectivity index (χ0) is 23.8. The number of benzene rings is 1. The van der Waals surface area contributed by atoms with E-state index in [-0.39, 0.29) is 11.5 Å². The number of aromatic nitrogens is 4. The third-order valence-corrected chi connectivity index (χ3v) is 5.04. The Morgan fingerprint density at radius 1 is 1.30 bits per heavy atom. The molecular formula is C22H19F3N6O2. The van der Waals surface area contributed by atoms with Crippen LogP contribution >= 0.6 is 0 Å². The Balaban J connectivity index is 1.59. The van der Waals surface area contributed by atoms with Crippen molar-refractivity contribution in [3.8, 4) is 17.6 Å². The van der Waals surface area contributed by atoms with E-state index >= 15 is 0 Å². The summed E-state index contributed by atoms with van der Waals surface area (Å²) in [5.74, 6) is 0.348. The highest BCUT2D eigenvalue weighted by Crippen LogP contribution is 2.42. The van der Waals surface area contributed by atoms with Crippen molar-refractivity contribution in [3.63, 3.8) is 0 Å². The lowest BCUT2D eigenvalue weighted by Crippen LogP contribution is -2.29. The third-order valence-electron chi connectivity index (χ3n) is 5.04. The molecule has 1 atom stereocenters. The Morgan fingerprint density at radius 3 is 2.67 bits per heavy atom. The summed E-state index contributed by atoms with van der Waals surface area (Å²) < 4.78 is 43.7. The molecule has 1 N–H and O–H groups in total. The smallest absolute Gasteiger partial charge is 0.406 e. The largest absolute Gasteiger partial charge is 0.573 e. The molecule has 0 bridgehead atoms. The maximum absolute atomic E-state index is 12.9. The standard InChI is InChI=1S/C22H19F3N6O2/c1-12(20-29-13(2)30-31(20)19-6-3-14(10-26)11-27-19)28-21(32)17-7-16(15-4-5-15)8-18(9-17)33-22(23,24)25/h3,6-9,11-12,15H,4-5H2,1-2H3,(H,28,32)/t12-/m0/s1. The first-order valence-electron chi connectivity index (χ1n) is 10.1. The number of hydrogen-bond donors (Lipinski definition) is 1. The van der Waals surface area contributed by atoms with Crippen molar-refractivity contribution in [2.75, 3.05) is 0 Å². The fourth-order valence-corrected chi connectivity index (χ4v) is 3.40. The molecule has 1 aliphatic carbocycles. The quantitative estimate of drug-likeness (QED) is 0.599. The molecule has 1 aliphatic rings. The average molecular weight is 456 g/mol. The minimum Gasteiger partial charge on any atom is -0.406 e. The number of halogens is 3. The lowest BCUT2D eigenvalue weighted by molar-refractivity contribution is -0.274. The van der Waals surface area contributed by atoms with Gasteiger partial charge in [0.05, 0.1) is 11.6 Å². The van der Waals surface area contributed by atoms with Crippen molar-refractivity contribution in [1.29, 1.82) is 5.26 Å². The van der Waals surface area contributed by atoms with Gasteiger partial charge >= 0.3 is 6.36 Å². The van der Waals surface area contributed by atoms with Crippen LogP contribution in [0.25, 0.3) is 5.82 Å². The molecule has 170 valence electrons. The van der Waals surface area contributed by atoms with Crippen LogP contribution in [0.4, 0.5) is 13.2 Å². The van der Waals surface area contributed by atoms with Gasteiger partial charge in [0.2, 0.25) is 0 Å². The summed E-state index contributed by atoms with van der Waals surface area (Å²) in [5.41, 5.74) is 1.08. The highest BCUT2D eigenvalue weighted by molar-refractivity contribution is 5.95. The van der Waals surface area contributed by atoms with E-state index in [1.807, 2.05) is 6.07 Å². The number of nitriles is 1. The van der Waals surface area contributed by atoms with E-state index in [1.165, 1.54) is 16.9 Å². The molecule has 0 spiro atoms. The van der Waals surface area contributed by atoms with Crippen LogP contribution in [0.15, 0.2) is 36.5 Å². The van der Waals surface area contributed by atoms with Gasteiger partial charge in [0.15, 0.2) is 11.6 Å². The molecule has 1 aromatic carbocycles. The van der Waals surface area contributed by atoms with Gasteiger partial charge < -0.3 is 10.1 Å². The number of nitrogens with one attached hydrogen (secondary N) is 1. The summed E-state index contributed by atoms with van der Waals surface area (Å²) in [7, 11) is 0. The summed E-state index contributed by atoms with van der Waals surface area (Å²) >= 11 is 0. The zero-order valence-electron chi connectivity index (χ0n) is 17.7. The maximum atomic E-state index is 12.9. The lowest BCUT2D eigenvalue weighted by atomic mass is 10.1. The van der Waals surface area contributed by atoms with E-state index in [0.717, 1.165) is 18.9 Å². The van der Waals surface area contributed by atoms with Gasteiger partial charge in [0.25, 0.3) is 5.91 Å². The summed E-state index contributed by atoms with van der Waals surface area (Å²) in [5, 5.41) is 16.0. The Labute approximate surface area is 187 Å². The zero-order valence-corrected chi connectivity index (χ0v) is 17.7. The third kappa shape index (κ3) is 5.28. The van der Waals surface area contributed by atoms with E-state index in [0.29, 0.717) is 28.6 Å². The molecule has 4 rings (SSSR count). The minimum absolute atomic E-state index is 0.0600. The van der Waals surface area contributed by atoms with Crippen LogP contribution in [0, 0.1) is 18.3 Å². The molecular weight excluding hydrogens is 437 g/mol. The predicted molar refractivity (Wildman–Crippen MR) is 110 cm³/mol. The van der Waals surface area contributed by atoms with Crippen LogP contribution in [-0.2, 0) is 0 Å². The summed E-state index contributed by atoms with van der Waals surface area (Å²) in [4.78, 5) is 21.5. The van der Waals surface area contributed by atoms with Crippen LogP contribution in [-0.4, -0.2) is 32.0 Å². The molecule has 11 heteroatoms.